The Morgan fingerprint density at radius 3 is 2.07 bits per heavy atom. The molecule has 1 heterocycles. The molecule has 0 bridgehead atoms. The minimum absolute atomic E-state index is 0.0513. The topological polar surface area (TPSA) is 57.7 Å². The van der Waals surface area contributed by atoms with E-state index in [2.05, 4.69) is 0 Å². The third-order valence-corrected chi connectivity index (χ3v) is 6.44. The molecule has 0 radical (unpaired) electrons. The van der Waals surface area contributed by atoms with Crippen LogP contribution in [-0.4, -0.2) is 49.7 Å². The van der Waals surface area contributed by atoms with Gasteiger partial charge in [-0.15, -0.1) is 0 Å². The molecule has 1 aliphatic rings. The van der Waals surface area contributed by atoms with E-state index >= 15 is 0 Å². The lowest BCUT2D eigenvalue weighted by atomic mass is 10.1. The van der Waals surface area contributed by atoms with Crippen molar-refractivity contribution in [3.05, 3.63) is 64.7 Å². The Kier molecular flexibility index (Phi) is 5.30. The molecule has 5 nitrogen and oxygen atoms in total. The van der Waals surface area contributed by atoms with Crippen molar-refractivity contribution in [1.29, 1.82) is 0 Å². The average Bonchev–Trinajstić information content (AvgIpc) is 2.60. The van der Waals surface area contributed by atoms with Crippen molar-refractivity contribution in [2.75, 3.05) is 26.2 Å². The number of rotatable bonds is 3. The molecule has 0 spiro atoms. The minimum atomic E-state index is -4.08. The molecule has 1 fully saturated rings. The van der Waals surface area contributed by atoms with Gasteiger partial charge in [-0.3, -0.25) is 4.79 Å². The van der Waals surface area contributed by atoms with Crippen molar-refractivity contribution in [2.24, 2.45) is 0 Å². The van der Waals surface area contributed by atoms with Gasteiger partial charge in [-0.05, 0) is 38.1 Å². The zero-order chi connectivity index (χ0) is 19.8. The molecule has 2 aromatic rings. The maximum atomic E-state index is 13.9. The summed E-state index contributed by atoms with van der Waals surface area (Å²) >= 11 is 0. The minimum Gasteiger partial charge on any atom is -0.336 e. The van der Waals surface area contributed by atoms with Gasteiger partial charge in [0.25, 0.3) is 5.91 Å². The van der Waals surface area contributed by atoms with Gasteiger partial charge >= 0.3 is 0 Å². The van der Waals surface area contributed by atoms with Crippen LogP contribution in [0.25, 0.3) is 0 Å². The Labute approximate surface area is 157 Å². The molecule has 144 valence electrons. The van der Waals surface area contributed by atoms with Crippen LogP contribution in [0.5, 0.6) is 0 Å². The summed E-state index contributed by atoms with van der Waals surface area (Å²) in [6.45, 7) is 4.32. The van der Waals surface area contributed by atoms with Gasteiger partial charge in [0.05, 0.1) is 0 Å². The fourth-order valence-corrected chi connectivity index (χ4v) is 4.70. The normalized spacial score (nSPS) is 15.8. The number of nitrogens with zero attached hydrogens (tertiary/aromatic N) is 2. The molecule has 0 atom stereocenters. The Hall–Kier alpha value is -2.32. The van der Waals surface area contributed by atoms with E-state index in [4.69, 9.17) is 0 Å². The highest BCUT2D eigenvalue weighted by Crippen LogP contribution is 2.22. The maximum Gasteiger partial charge on any atom is 0.253 e. The number of amides is 1. The first-order valence-corrected chi connectivity index (χ1v) is 9.95. The third kappa shape index (κ3) is 4.01. The van der Waals surface area contributed by atoms with Crippen LogP contribution >= 0.6 is 0 Å². The first kappa shape index (κ1) is 19.4. The summed E-state index contributed by atoms with van der Waals surface area (Å²) < 4.78 is 53.3. The molecule has 8 heteroatoms. The number of halogens is 2. The van der Waals surface area contributed by atoms with Gasteiger partial charge in [-0.2, -0.15) is 4.31 Å². The van der Waals surface area contributed by atoms with Crippen LogP contribution in [0.4, 0.5) is 8.78 Å². The fraction of sp³-hybridized carbons (Fsp3) is 0.316. The highest BCUT2D eigenvalue weighted by molar-refractivity contribution is 7.89. The lowest BCUT2D eigenvalue weighted by molar-refractivity contribution is 0.0697. The second-order valence-electron chi connectivity index (χ2n) is 6.65. The molecule has 1 amide bonds. The van der Waals surface area contributed by atoms with E-state index < -0.39 is 26.6 Å². The standard InChI is InChI=1S/C19H20F2N2O3S/c1-13-9-14(2)11-15(10-13)19(24)22-5-7-23(8-6-22)27(25,26)18-4-3-16(20)12-17(18)21/h3-4,9-12H,5-8H2,1-2H3. The first-order chi connectivity index (χ1) is 12.7. The number of carbonyl (C=O) groups excluding carboxylic acids is 1. The summed E-state index contributed by atoms with van der Waals surface area (Å²) in [4.78, 5) is 13.7. The lowest BCUT2D eigenvalue weighted by Crippen LogP contribution is -2.50. The molecule has 0 N–H and O–H groups in total. The van der Waals surface area contributed by atoms with E-state index in [0.29, 0.717) is 11.6 Å². The predicted octanol–water partition coefficient (Wildman–Crippen LogP) is 2.73. The van der Waals surface area contributed by atoms with E-state index in [1.807, 2.05) is 19.9 Å². The van der Waals surface area contributed by atoms with Crippen LogP contribution in [0.1, 0.15) is 21.5 Å². The van der Waals surface area contributed by atoms with Crippen LogP contribution < -0.4 is 0 Å². The molecule has 0 unspecified atom stereocenters. The van der Waals surface area contributed by atoms with Gasteiger partial charge in [0.2, 0.25) is 10.0 Å². The van der Waals surface area contributed by atoms with E-state index in [0.717, 1.165) is 27.6 Å². The van der Waals surface area contributed by atoms with Crippen molar-refractivity contribution in [3.8, 4) is 0 Å². The smallest absolute Gasteiger partial charge is 0.253 e. The zero-order valence-electron chi connectivity index (χ0n) is 15.1. The van der Waals surface area contributed by atoms with Crippen molar-refractivity contribution >= 4 is 15.9 Å². The number of hydrogen-bond donors (Lipinski definition) is 0. The zero-order valence-corrected chi connectivity index (χ0v) is 15.9. The monoisotopic (exact) mass is 394 g/mol. The molecule has 27 heavy (non-hydrogen) atoms. The Bertz CT molecular complexity index is 964. The van der Waals surface area contributed by atoms with Crippen molar-refractivity contribution in [2.45, 2.75) is 18.7 Å². The maximum absolute atomic E-state index is 13.9. The predicted molar refractivity (Wildman–Crippen MR) is 96.9 cm³/mol. The molecule has 0 saturated carbocycles. The van der Waals surface area contributed by atoms with Crippen LogP contribution in [-0.2, 0) is 10.0 Å². The number of benzene rings is 2. The number of piperazine rings is 1. The van der Waals surface area contributed by atoms with Crippen LogP contribution in [0, 0.1) is 25.5 Å². The van der Waals surface area contributed by atoms with E-state index in [-0.39, 0.29) is 32.1 Å². The van der Waals surface area contributed by atoms with Crippen LogP contribution in [0.2, 0.25) is 0 Å². The highest BCUT2D eigenvalue weighted by atomic mass is 32.2. The summed E-state index contributed by atoms with van der Waals surface area (Å²) in [5, 5.41) is 0. The summed E-state index contributed by atoms with van der Waals surface area (Å²) in [7, 11) is -4.08. The first-order valence-electron chi connectivity index (χ1n) is 8.51. The van der Waals surface area contributed by atoms with Gasteiger partial charge in [0.15, 0.2) is 0 Å². The Balaban J connectivity index is 1.73. The number of hydrogen-bond acceptors (Lipinski definition) is 3. The second-order valence-corrected chi connectivity index (χ2v) is 8.55. The number of sulfonamides is 1. The van der Waals surface area contributed by atoms with Gasteiger partial charge in [0.1, 0.15) is 16.5 Å². The summed E-state index contributed by atoms with van der Waals surface area (Å²) in [6, 6.07) is 7.95. The van der Waals surface area contributed by atoms with Gasteiger partial charge in [0, 0.05) is 37.8 Å². The number of carbonyl (C=O) groups is 1. The van der Waals surface area contributed by atoms with Crippen molar-refractivity contribution in [3.63, 3.8) is 0 Å². The molecule has 2 aromatic carbocycles. The van der Waals surface area contributed by atoms with E-state index in [1.165, 1.54) is 0 Å². The molecular weight excluding hydrogens is 374 g/mol. The molecular formula is C19H20F2N2O3S. The van der Waals surface area contributed by atoms with Crippen LogP contribution in [0.15, 0.2) is 41.3 Å². The van der Waals surface area contributed by atoms with Gasteiger partial charge in [-0.25, -0.2) is 17.2 Å². The summed E-state index contributed by atoms with van der Waals surface area (Å²) in [6.07, 6.45) is 0. The molecule has 1 aliphatic heterocycles. The fourth-order valence-electron chi connectivity index (χ4n) is 3.24. The summed E-state index contributed by atoms with van der Waals surface area (Å²) in [5.74, 6) is -2.12. The van der Waals surface area contributed by atoms with Crippen LogP contribution in [0.3, 0.4) is 0 Å². The van der Waals surface area contributed by atoms with Gasteiger partial charge in [-0.1, -0.05) is 17.2 Å². The largest absolute Gasteiger partial charge is 0.336 e. The van der Waals surface area contributed by atoms with Crippen molar-refractivity contribution < 1.29 is 22.0 Å². The second kappa shape index (κ2) is 7.36. The van der Waals surface area contributed by atoms with E-state index in [1.54, 1.807) is 17.0 Å². The molecule has 3 rings (SSSR count). The molecule has 0 aliphatic carbocycles. The van der Waals surface area contributed by atoms with E-state index in [9.17, 15) is 22.0 Å². The quantitative estimate of drug-likeness (QED) is 0.804. The average molecular weight is 394 g/mol. The molecule has 0 aromatic heterocycles. The highest BCUT2D eigenvalue weighted by Gasteiger charge is 2.32. The SMILES string of the molecule is Cc1cc(C)cc(C(=O)N2CCN(S(=O)(=O)c3ccc(F)cc3F)CC2)c1. The lowest BCUT2D eigenvalue weighted by Gasteiger charge is -2.34. The summed E-state index contributed by atoms with van der Waals surface area (Å²) in [5.41, 5.74) is 2.52. The van der Waals surface area contributed by atoms with Crippen molar-refractivity contribution in [1.82, 2.24) is 9.21 Å². The van der Waals surface area contributed by atoms with Gasteiger partial charge < -0.3 is 4.90 Å². The number of aryl methyl sites for hydroxylation is 2. The Morgan fingerprint density at radius 1 is 0.926 bits per heavy atom. The molecule has 1 saturated heterocycles. The Morgan fingerprint density at radius 2 is 1.52 bits per heavy atom. The third-order valence-electron chi connectivity index (χ3n) is 4.51.